The Morgan fingerprint density at radius 3 is 2.55 bits per heavy atom. The third-order valence-corrected chi connectivity index (χ3v) is 5.63. The fourth-order valence-corrected chi connectivity index (χ4v) is 4.42. The number of hydrogen-bond acceptors (Lipinski definition) is 3. The van der Waals surface area contributed by atoms with Crippen LogP contribution < -0.4 is 9.80 Å². The largest absolute Gasteiger partial charge is 0.446 e. The molecule has 0 unspecified atom stereocenters. The van der Waals surface area contributed by atoms with Crippen molar-refractivity contribution < 1.29 is 14.3 Å². The number of anilines is 2. The summed E-state index contributed by atoms with van der Waals surface area (Å²) in [6, 6.07) is 5.96. The maximum Gasteiger partial charge on any atom is 0.414 e. The monoisotopic (exact) mass is 396 g/mol. The number of ether oxygens (including phenoxy) is 1. The molecule has 2 aliphatic rings. The molecule has 0 radical (unpaired) electrons. The van der Waals surface area contributed by atoms with Gasteiger partial charge in [0.25, 0.3) is 0 Å². The molecular formula is C24H32N2O3. The lowest BCUT2D eigenvalue weighted by Gasteiger charge is -2.40. The Labute approximate surface area is 174 Å². The van der Waals surface area contributed by atoms with Gasteiger partial charge in [-0.3, -0.25) is 9.69 Å². The molecule has 0 saturated carbocycles. The summed E-state index contributed by atoms with van der Waals surface area (Å²) in [4.78, 5) is 28.6. The van der Waals surface area contributed by atoms with Gasteiger partial charge in [-0.15, -0.1) is 0 Å². The summed E-state index contributed by atoms with van der Waals surface area (Å²) in [6.07, 6.45) is 5.02. The summed E-state index contributed by atoms with van der Waals surface area (Å²) in [6.45, 7) is 12.0. The van der Waals surface area contributed by atoms with Gasteiger partial charge in [-0.1, -0.05) is 17.7 Å². The fourth-order valence-electron chi connectivity index (χ4n) is 4.42. The molecule has 1 heterocycles. The Kier molecular flexibility index (Phi) is 6.15. The minimum absolute atomic E-state index is 0.0238. The second kappa shape index (κ2) is 8.44. The maximum atomic E-state index is 12.8. The third-order valence-electron chi connectivity index (χ3n) is 5.63. The summed E-state index contributed by atoms with van der Waals surface area (Å²) in [7, 11) is 0. The minimum atomic E-state index is -0.368. The van der Waals surface area contributed by atoms with Crippen LogP contribution in [-0.4, -0.2) is 30.7 Å². The first-order chi connectivity index (χ1) is 13.7. The predicted molar refractivity (Wildman–Crippen MR) is 118 cm³/mol. The Morgan fingerprint density at radius 2 is 1.90 bits per heavy atom. The highest BCUT2D eigenvalue weighted by Crippen LogP contribution is 2.41. The number of nitrogens with zero attached hydrogens (tertiary/aromatic N) is 2. The molecule has 1 aromatic rings. The molecule has 0 fully saturated rings. The van der Waals surface area contributed by atoms with Crippen molar-refractivity contribution in [2.45, 2.75) is 73.0 Å². The molecule has 2 amide bonds. The first-order valence-electron chi connectivity index (χ1n) is 10.5. The van der Waals surface area contributed by atoms with Crippen LogP contribution in [0, 0.1) is 0 Å². The maximum absolute atomic E-state index is 12.8. The van der Waals surface area contributed by atoms with Crippen LogP contribution in [0.25, 0.3) is 5.57 Å². The third kappa shape index (κ3) is 4.24. The number of rotatable bonds is 2. The van der Waals surface area contributed by atoms with Crippen LogP contribution in [0.3, 0.4) is 0 Å². The number of benzene rings is 1. The van der Waals surface area contributed by atoms with E-state index in [2.05, 4.69) is 26.0 Å². The van der Waals surface area contributed by atoms with Crippen molar-refractivity contribution in [2.24, 2.45) is 0 Å². The van der Waals surface area contributed by atoms with Crippen LogP contribution >= 0.6 is 0 Å². The SMILES string of the molecule is CC(=O)N1c2ccc(C3=C(C)CCCC=C3C)cc2N(C(=O)OC(C)C)C[C@@H]1C. The van der Waals surface area contributed by atoms with Crippen molar-refractivity contribution in [1.29, 1.82) is 0 Å². The van der Waals surface area contributed by atoms with E-state index < -0.39 is 0 Å². The van der Waals surface area contributed by atoms with Gasteiger partial charge in [0.15, 0.2) is 0 Å². The topological polar surface area (TPSA) is 49.9 Å². The summed E-state index contributed by atoms with van der Waals surface area (Å²) < 4.78 is 5.50. The van der Waals surface area contributed by atoms with E-state index in [-0.39, 0.29) is 24.1 Å². The molecule has 1 aromatic carbocycles. The Morgan fingerprint density at radius 1 is 1.17 bits per heavy atom. The Bertz CT molecular complexity index is 882. The molecule has 1 aliphatic carbocycles. The van der Waals surface area contributed by atoms with Crippen LogP contribution in [0.5, 0.6) is 0 Å². The number of allylic oxidation sites excluding steroid dienone is 4. The molecule has 3 rings (SSSR count). The lowest BCUT2D eigenvalue weighted by molar-refractivity contribution is -0.117. The van der Waals surface area contributed by atoms with E-state index in [0.29, 0.717) is 6.54 Å². The van der Waals surface area contributed by atoms with Crippen molar-refractivity contribution >= 4 is 28.9 Å². The fraction of sp³-hybridized carbons (Fsp3) is 0.500. The standard InChI is InChI=1S/C24H32N2O3/c1-15(2)29-24(28)25-14-18(5)26(19(6)27)21-12-11-20(13-22(21)25)23-16(3)9-7-8-10-17(23)4/h9,11-13,15,18H,7-8,10,14H2,1-6H3/t18-/m0/s1. The number of hydrogen-bond donors (Lipinski definition) is 0. The molecule has 0 aromatic heterocycles. The van der Waals surface area contributed by atoms with E-state index in [9.17, 15) is 9.59 Å². The highest BCUT2D eigenvalue weighted by Gasteiger charge is 2.35. The van der Waals surface area contributed by atoms with Gasteiger partial charge < -0.3 is 9.64 Å². The second-order valence-corrected chi connectivity index (χ2v) is 8.42. The van der Waals surface area contributed by atoms with E-state index in [4.69, 9.17) is 4.74 Å². The summed E-state index contributed by atoms with van der Waals surface area (Å²) in [5.74, 6) is -0.0238. The highest BCUT2D eigenvalue weighted by atomic mass is 16.6. The Hall–Kier alpha value is -2.56. The normalized spacial score (nSPS) is 19.7. The lowest BCUT2D eigenvalue weighted by atomic mass is 9.92. The van der Waals surface area contributed by atoms with Crippen molar-refractivity contribution in [3.8, 4) is 0 Å². The summed E-state index contributed by atoms with van der Waals surface area (Å²) in [5.41, 5.74) is 6.45. The number of fused-ring (bicyclic) bond motifs is 1. The smallest absolute Gasteiger partial charge is 0.414 e. The molecule has 156 valence electrons. The van der Waals surface area contributed by atoms with E-state index >= 15 is 0 Å². The molecule has 0 N–H and O–H groups in total. The van der Waals surface area contributed by atoms with E-state index in [1.165, 1.54) is 16.7 Å². The lowest BCUT2D eigenvalue weighted by Crippen LogP contribution is -2.51. The minimum Gasteiger partial charge on any atom is -0.446 e. The quantitative estimate of drug-likeness (QED) is 0.644. The van der Waals surface area contributed by atoms with Crippen molar-refractivity contribution in [1.82, 2.24) is 0 Å². The van der Waals surface area contributed by atoms with Crippen LogP contribution in [-0.2, 0) is 9.53 Å². The van der Waals surface area contributed by atoms with Crippen molar-refractivity contribution in [2.75, 3.05) is 16.3 Å². The van der Waals surface area contributed by atoms with Gasteiger partial charge in [-0.2, -0.15) is 0 Å². The zero-order chi connectivity index (χ0) is 21.3. The average molecular weight is 397 g/mol. The average Bonchev–Trinajstić information content (AvgIpc) is 2.80. The summed E-state index contributed by atoms with van der Waals surface area (Å²) in [5, 5.41) is 0. The molecule has 1 aliphatic heterocycles. The van der Waals surface area contributed by atoms with Gasteiger partial charge in [-0.05, 0) is 82.7 Å². The van der Waals surface area contributed by atoms with Crippen molar-refractivity contribution in [3.05, 3.63) is 41.0 Å². The molecule has 0 saturated heterocycles. The van der Waals surface area contributed by atoms with Gasteiger partial charge in [0.05, 0.1) is 23.5 Å². The molecule has 29 heavy (non-hydrogen) atoms. The van der Waals surface area contributed by atoms with Gasteiger partial charge in [0.2, 0.25) is 5.91 Å². The highest BCUT2D eigenvalue weighted by molar-refractivity contribution is 6.03. The van der Waals surface area contributed by atoms with Crippen molar-refractivity contribution in [3.63, 3.8) is 0 Å². The predicted octanol–water partition coefficient (Wildman–Crippen LogP) is 5.70. The van der Waals surface area contributed by atoms with Crippen LogP contribution in [0.15, 0.2) is 35.4 Å². The molecule has 5 heteroatoms. The van der Waals surface area contributed by atoms with E-state index in [1.54, 1.807) is 16.7 Å². The first kappa shape index (κ1) is 21.2. The van der Waals surface area contributed by atoms with E-state index in [1.807, 2.05) is 32.9 Å². The zero-order valence-electron chi connectivity index (χ0n) is 18.4. The van der Waals surface area contributed by atoms with Gasteiger partial charge >= 0.3 is 6.09 Å². The Balaban J connectivity index is 2.14. The van der Waals surface area contributed by atoms with Gasteiger partial charge in [0, 0.05) is 13.5 Å². The molecule has 1 atom stereocenters. The number of amides is 2. The molecular weight excluding hydrogens is 364 g/mol. The van der Waals surface area contributed by atoms with Crippen LogP contribution in [0.2, 0.25) is 0 Å². The first-order valence-corrected chi connectivity index (χ1v) is 10.5. The summed E-state index contributed by atoms with van der Waals surface area (Å²) >= 11 is 0. The molecule has 0 bridgehead atoms. The van der Waals surface area contributed by atoms with E-state index in [0.717, 1.165) is 36.2 Å². The van der Waals surface area contributed by atoms with Gasteiger partial charge in [-0.25, -0.2) is 4.79 Å². The van der Waals surface area contributed by atoms with Gasteiger partial charge in [0.1, 0.15) is 0 Å². The number of carbonyl (C=O) groups excluding carboxylic acids is 2. The zero-order valence-corrected chi connectivity index (χ0v) is 18.4. The second-order valence-electron chi connectivity index (χ2n) is 8.42. The van der Waals surface area contributed by atoms with Crippen LogP contribution in [0.1, 0.15) is 66.4 Å². The van der Waals surface area contributed by atoms with Crippen LogP contribution in [0.4, 0.5) is 16.2 Å². The molecule has 5 nitrogen and oxygen atoms in total. The number of carbonyl (C=O) groups is 2. The molecule has 0 spiro atoms.